The van der Waals surface area contributed by atoms with Crippen molar-refractivity contribution in [2.75, 3.05) is 0 Å². The molecule has 0 N–H and O–H groups in total. The first-order chi connectivity index (χ1) is 16.7. The predicted octanol–water partition coefficient (Wildman–Crippen LogP) is 9.02. The summed E-state index contributed by atoms with van der Waals surface area (Å²) in [6, 6.07) is 38.5. The van der Waals surface area contributed by atoms with Crippen molar-refractivity contribution in [3.63, 3.8) is 0 Å². The van der Waals surface area contributed by atoms with Gasteiger partial charge in [0, 0.05) is 0 Å². The fourth-order valence-corrected chi connectivity index (χ4v) is 6.64. The SMILES string of the molecule is [Cl][Ti]([Cl])[O]C(c1ccccc1)c1c(-c2cccc3c2Cc2ccccc2-3)ccc2ccccc12. The van der Waals surface area contributed by atoms with E-state index in [4.69, 9.17) is 21.9 Å². The minimum atomic E-state index is -2.67. The van der Waals surface area contributed by atoms with Gasteiger partial charge in [0.2, 0.25) is 0 Å². The van der Waals surface area contributed by atoms with Gasteiger partial charge < -0.3 is 0 Å². The maximum absolute atomic E-state index is 6.39. The van der Waals surface area contributed by atoms with E-state index < -0.39 is 16.1 Å². The number of fused-ring (bicyclic) bond motifs is 4. The summed E-state index contributed by atoms with van der Waals surface area (Å²) in [4.78, 5) is 0. The molecule has 1 aliphatic carbocycles. The van der Waals surface area contributed by atoms with E-state index in [0.717, 1.165) is 22.9 Å². The van der Waals surface area contributed by atoms with Gasteiger partial charge in [0.1, 0.15) is 0 Å². The van der Waals surface area contributed by atoms with E-state index in [-0.39, 0.29) is 6.10 Å². The Morgan fingerprint density at radius 2 is 1.29 bits per heavy atom. The summed E-state index contributed by atoms with van der Waals surface area (Å²) >= 11 is -2.67. The van der Waals surface area contributed by atoms with E-state index in [2.05, 4.69) is 91.0 Å². The summed E-state index contributed by atoms with van der Waals surface area (Å²) < 4.78 is 6.37. The van der Waals surface area contributed by atoms with Crippen LogP contribution in [0.3, 0.4) is 0 Å². The van der Waals surface area contributed by atoms with Crippen LogP contribution in [-0.2, 0) is 25.9 Å². The average Bonchev–Trinajstić information content (AvgIpc) is 3.26. The van der Waals surface area contributed by atoms with Crippen LogP contribution < -0.4 is 0 Å². The van der Waals surface area contributed by atoms with Crippen molar-refractivity contribution in [1.29, 1.82) is 0 Å². The fraction of sp³-hybridized carbons (Fsp3) is 0.0667. The molecule has 4 heteroatoms. The van der Waals surface area contributed by atoms with Gasteiger partial charge in [0.05, 0.1) is 0 Å². The Labute approximate surface area is 214 Å². The van der Waals surface area contributed by atoms with Gasteiger partial charge in [-0.05, 0) is 0 Å². The van der Waals surface area contributed by atoms with Crippen LogP contribution in [0.25, 0.3) is 33.0 Å². The third-order valence-electron chi connectivity index (χ3n) is 6.68. The Morgan fingerprint density at radius 3 is 2.12 bits per heavy atom. The van der Waals surface area contributed by atoms with E-state index in [0.29, 0.717) is 0 Å². The molecule has 0 heterocycles. The molecule has 5 aromatic carbocycles. The van der Waals surface area contributed by atoms with Gasteiger partial charge in [0.15, 0.2) is 0 Å². The van der Waals surface area contributed by atoms with E-state index in [1.54, 1.807) is 0 Å². The van der Waals surface area contributed by atoms with Crippen LogP contribution in [0.5, 0.6) is 0 Å². The Morgan fingerprint density at radius 1 is 0.618 bits per heavy atom. The van der Waals surface area contributed by atoms with Crippen LogP contribution in [0.2, 0.25) is 0 Å². The molecular weight excluding hydrogens is 495 g/mol. The van der Waals surface area contributed by atoms with Crippen LogP contribution in [-0.4, -0.2) is 0 Å². The van der Waals surface area contributed by atoms with Gasteiger partial charge in [0.25, 0.3) is 0 Å². The molecule has 34 heavy (non-hydrogen) atoms. The van der Waals surface area contributed by atoms with Crippen LogP contribution in [0.1, 0.15) is 28.4 Å². The summed E-state index contributed by atoms with van der Waals surface area (Å²) in [5.41, 5.74) is 9.97. The molecule has 0 aromatic heterocycles. The number of hydrogen-bond donors (Lipinski definition) is 0. The van der Waals surface area contributed by atoms with Crippen molar-refractivity contribution in [1.82, 2.24) is 0 Å². The second-order valence-corrected chi connectivity index (χ2v) is 13.2. The van der Waals surface area contributed by atoms with E-state index in [1.807, 2.05) is 18.2 Å². The summed E-state index contributed by atoms with van der Waals surface area (Å²) in [5.74, 6) is 0. The Bertz CT molecular complexity index is 1500. The van der Waals surface area contributed by atoms with E-state index in [1.165, 1.54) is 38.8 Å². The van der Waals surface area contributed by atoms with Gasteiger partial charge in [-0.1, -0.05) is 0 Å². The summed E-state index contributed by atoms with van der Waals surface area (Å²) in [6.07, 6.45) is 0.585. The van der Waals surface area contributed by atoms with Gasteiger partial charge >= 0.3 is 215 Å². The van der Waals surface area contributed by atoms with Gasteiger partial charge in [-0.15, -0.1) is 0 Å². The zero-order valence-electron chi connectivity index (χ0n) is 18.3. The fourth-order valence-electron chi connectivity index (χ4n) is 5.23. The van der Waals surface area contributed by atoms with E-state index in [9.17, 15) is 0 Å². The quantitative estimate of drug-likeness (QED) is 0.208. The van der Waals surface area contributed by atoms with Crippen LogP contribution in [0.15, 0.2) is 109 Å². The Hall–Kier alpha value is -2.39. The first-order valence-corrected chi connectivity index (χ1v) is 16.3. The summed E-state index contributed by atoms with van der Waals surface area (Å²) in [5, 5.41) is 2.34. The number of benzene rings is 5. The molecule has 6 rings (SSSR count). The first-order valence-electron chi connectivity index (χ1n) is 11.3. The molecule has 0 radical (unpaired) electrons. The van der Waals surface area contributed by atoms with Crippen molar-refractivity contribution in [3.05, 3.63) is 131 Å². The van der Waals surface area contributed by atoms with Gasteiger partial charge in [-0.25, -0.2) is 0 Å². The molecule has 1 aliphatic rings. The topological polar surface area (TPSA) is 9.23 Å². The second kappa shape index (κ2) is 9.34. The number of hydrogen-bond acceptors (Lipinski definition) is 1. The van der Waals surface area contributed by atoms with Gasteiger partial charge in [-0.3, -0.25) is 0 Å². The third-order valence-corrected chi connectivity index (χ3v) is 8.06. The maximum atomic E-state index is 6.39. The monoisotopic (exact) mass is 515 g/mol. The minimum absolute atomic E-state index is 0.341. The van der Waals surface area contributed by atoms with Crippen molar-refractivity contribution >= 4 is 29.4 Å². The van der Waals surface area contributed by atoms with Crippen LogP contribution >= 0.6 is 18.6 Å². The zero-order chi connectivity index (χ0) is 23.1. The Balaban J connectivity index is 1.63. The third kappa shape index (κ3) is 3.92. The molecule has 0 fully saturated rings. The molecule has 0 aliphatic heterocycles. The standard InChI is InChI=1S/C30H21O.2ClH.Ti/c31-30(21-10-2-1-3-11-21)29-24-14-7-4-9-20(24)17-18-27(29)26-16-8-15-25-23-13-6-5-12-22(23)19-28(25)26;;;/h1-18,30H,19H2;2*1H;/q-1;;;+3/p-2. The molecule has 0 amide bonds. The molecule has 165 valence electrons. The van der Waals surface area contributed by atoms with E-state index >= 15 is 0 Å². The van der Waals surface area contributed by atoms with Crippen molar-refractivity contribution in [3.8, 4) is 22.3 Å². The predicted molar refractivity (Wildman–Crippen MR) is 139 cm³/mol. The zero-order valence-corrected chi connectivity index (χ0v) is 21.4. The molecular formula is C30H21Cl2OTi. The van der Waals surface area contributed by atoms with Crippen LogP contribution in [0.4, 0.5) is 0 Å². The second-order valence-electron chi connectivity index (χ2n) is 8.55. The van der Waals surface area contributed by atoms with Gasteiger partial charge in [-0.2, -0.15) is 0 Å². The summed E-state index contributed by atoms with van der Waals surface area (Å²) in [6.45, 7) is 0. The molecule has 0 saturated carbocycles. The van der Waals surface area contributed by atoms with Crippen molar-refractivity contribution < 1.29 is 19.5 Å². The molecule has 0 saturated heterocycles. The molecule has 0 bridgehead atoms. The summed E-state index contributed by atoms with van der Waals surface area (Å²) in [7, 11) is 12.8. The molecule has 0 spiro atoms. The van der Waals surface area contributed by atoms with Crippen molar-refractivity contribution in [2.45, 2.75) is 12.5 Å². The number of rotatable bonds is 5. The number of halogens is 2. The molecule has 1 atom stereocenters. The van der Waals surface area contributed by atoms with Crippen LogP contribution in [0, 0.1) is 0 Å². The normalized spacial score (nSPS) is 12.9. The average molecular weight is 516 g/mol. The molecule has 5 aromatic rings. The van der Waals surface area contributed by atoms with Crippen molar-refractivity contribution in [2.24, 2.45) is 0 Å². The molecule has 1 nitrogen and oxygen atoms in total. The molecule has 1 unspecified atom stereocenters. The first kappa shape index (κ1) is 22.1. The Kier molecular flexibility index (Phi) is 6.07.